The maximum atomic E-state index is 12.8. The lowest BCUT2D eigenvalue weighted by molar-refractivity contribution is -0.122. The lowest BCUT2D eigenvalue weighted by Gasteiger charge is -2.62. The molecule has 1 unspecified atom stereocenters. The van der Waals surface area contributed by atoms with Gasteiger partial charge in [-0.05, 0) is 42.1 Å². The second-order valence-corrected chi connectivity index (χ2v) is 10.7. The maximum absolute atomic E-state index is 12.8. The van der Waals surface area contributed by atoms with Gasteiger partial charge in [-0.25, -0.2) is 4.68 Å². The molecule has 0 saturated heterocycles. The number of fused-ring (bicyclic) bond motifs is 3. The number of para-hydroxylation sites is 1. The van der Waals surface area contributed by atoms with Crippen LogP contribution in [-0.2, 0) is 11.3 Å². The van der Waals surface area contributed by atoms with Gasteiger partial charge in [-0.15, -0.1) is 0 Å². The summed E-state index contributed by atoms with van der Waals surface area (Å²) in [5, 5.41) is 10.8. The highest BCUT2D eigenvalue weighted by molar-refractivity contribution is 6.32. The van der Waals surface area contributed by atoms with E-state index in [0.29, 0.717) is 41.9 Å². The van der Waals surface area contributed by atoms with Crippen LogP contribution in [0, 0.1) is 23.2 Å². The second kappa shape index (κ2) is 8.35. The Morgan fingerprint density at radius 2 is 2.09 bits per heavy atom. The van der Waals surface area contributed by atoms with Crippen molar-refractivity contribution in [1.29, 1.82) is 0 Å². The Morgan fingerprint density at radius 1 is 1.30 bits per heavy atom. The highest BCUT2D eigenvalue weighted by Gasteiger charge is 2.56. The third-order valence-corrected chi connectivity index (χ3v) is 8.63. The Hall–Kier alpha value is -2.54. The van der Waals surface area contributed by atoms with E-state index in [4.69, 9.17) is 16.3 Å². The summed E-state index contributed by atoms with van der Waals surface area (Å²) in [5.74, 6) is 2.37. The van der Waals surface area contributed by atoms with Crippen molar-refractivity contribution in [2.24, 2.45) is 23.2 Å². The zero-order valence-corrected chi connectivity index (χ0v) is 20.1. The van der Waals surface area contributed by atoms with Crippen LogP contribution in [0.15, 0.2) is 35.3 Å². The number of nitrogens with zero attached hydrogens (tertiary/aromatic N) is 2. The van der Waals surface area contributed by atoms with Crippen LogP contribution in [0.2, 0.25) is 5.02 Å². The van der Waals surface area contributed by atoms with Crippen LogP contribution in [0.4, 0.5) is 5.69 Å². The average molecular weight is 471 g/mol. The van der Waals surface area contributed by atoms with Gasteiger partial charge in [0.1, 0.15) is 17.3 Å². The number of carbonyl (C=O) groups excluding carboxylic acids is 1. The molecule has 3 fully saturated rings. The van der Waals surface area contributed by atoms with Gasteiger partial charge in [-0.1, -0.05) is 50.6 Å². The third-order valence-electron chi connectivity index (χ3n) is 8.27. The van der Waals surface area contributed by atoms with Crippen LogP contribution in [0.3, 0.4) is 0 Å². The number of aromatic nitrogens is 2. The molecule has 7 nitrogen and oxygen atoms in total. The number of hydrogen-bond donors (Lipinski definition) is 2. The summed E-state index contributed by atoms with van der Waals surface area (Å²) in [7, 11) is 0. The van der Waals surface area contributed by atoms with Crippen LogP contribution in [0.5, 0.6) is 5.75 Å². The van der Waals surface area contributed by atoms with Gasteiger partial charge in [0.2, 0.25) is 5.91 Å². The summed E-state index contributed by atoms with van der Waals surface area (Å²) in [4.78, 5) is 25.5. The van der Waals surface area contributed by atoms with Crippen molar-refractivity contribution in [1.82, 2.24) is 15.1 Å². The van der Waals surface area contributed by atoms with Crippen molar-refractivity contribution in [3.05, 3.63) is 51.4 Å². The Bertz CT molecular complexity index is 1130. The molecule has 0 spiro atoms. The molecule has 6 rings (SSSR count). The largest absolute Gasteiger partial charge is 0.493 e. The minimum Gasteiger partial charge on any atom is -0.493 e. The lowest BCUT2D eigenvalue weighted by Crippen LogP contribution is -2.58. The molecule has 2 heterocycles. The number of carbonyl (C=O) groups is 1. The van der Waals surface area contributed by atoms with Crippen molar-refractivity contribution in [3.8, 4) is 5.75 Å². The smallest absolute Gasteiger partial charge is 0.288 e. The molecule has 1 aromatic heterocycles. The number of nitrogens with one attached hydrogen (secondary N) is 2. The first kappa shape index (κ1) is 22.3. The zero-order valence-electron chi connectivity index (χ0n) is 19.3. The first-order valence-corrected chi connectivity index (χ1v) is 12.2. The molecule has 1 aliphatic heterocycles. The van der Waals surface area contributed by atoms with Crippen LogP contribution in [-0.4, -0.2) is 28.3 Å². The molecular weight excluding hydrogens is 440 g/mol. The van der Waals surface area contributed by atoms with Gasteiger partial charge in [-0.2, -0.15) is 5.10 Å². The first-order chi connectivity index (χ1) is 15.8. The fourth-order valence-electron chi connectivity index (χ4n) is 6.09. The van der Waals surface area contributed by atoms with Gasteiger partial charge in [0.05, 0.1) is 24.5 Å². The van der Waals surface area contributed by atoms with Crippen molar-refractivity contribution in [3.63, 3.8) is 0 Å². The van der Waals surface area contributed by atoms with E-state index in [9.17, 15) is 9.59 Å². The molecule has 3 aliphatic carbocycles. The van der Waals surface area contributed by atoms with Crippen LogP contribution < -0.4 is 20.9 Å². The minimum absolute atomic E-state index is 0.0833. The van der Waals surface area contributed by atoms with Gasteiger partial charge in [0.15, 0.2) is 0 Å². The summed E-state index contributed by atoms with van der Waals surface area (Å²) in [6.07, 6.45) is 4.59. The SMILES string of the molecule is C[C@@H]1[C@H]2C[C@@H](C[C@H]1Nc1cnn(CC(=O)NC3CCOc4ccccc43)c(=O)c1Cl)C2(C)C. The molecule has 0 radical (unpaired) electrons. The van der Waals surface area contributed by atoms with E-state index in [0.717, 1.165) is 22.4 Å². The quantitative estimate of drug-likeness (QED) is 0.689. The van der Waals surface area contributed by atoms with Crippen molar-refractivity contribution in [2.45, 2.75) is 58.7 Å². The molecule has 2 bridgehead atoms. The zero-order chi connectivity index (χ0) is 23.3. The molecule has 1 amide bonds. The van der Waals surface area contributed by atoms with E-state index < -0.39 is 5.56 Å². The summed E-state index contributed by atoms with van der Waals surface area (Å²) in [5.41, 5.74) is 1.42. The van der Waals surface area contributed by atoms with Crippen molar-refractivity contribution >= 4 is 23.2 Å². The Morgan fingerprint density at radius 3 is 2.85 bits per heavy atom. The number of rotatable bonds is 5. The summed E-state index contributed by atoms with van der Waals surface area (Å²) >= 11 is 6.43. The molecule has 176 valence electrons. The maximum Gasteiger partial charge on any atom is 0.288 e. The molecule has 8 heteroatoms. The van der Waals surface area contributed by atoms with Gasteiger partial charge < -0.3 is 15.4 Å². The van der Waals surface area contributed by atoms with E-state index >= 15 is 0 Å². The molecule has 3 saturated carbocycles. The fourth-order valence-corrected chi connectivity index (χ4v) is 6.29. The van der Waals surface area contributed by atoms with Crippen LogP contribution >= 0.6 is 11.6 Å². The number of amides is 1. The lowest BCUT2D eigenvalue weighted by atomic mass is 9.45. The summed E-state index contributed by atoms with van der Waals surface area (Å²) < 4.78 is 6.77. The Labute approximate surface area is 198 Å². The standard InChI is InChI=1S/C25H31ClN4O3/c1-14-17-10-15(25(17,2)3)11-19(14)28-20-12-27-30(24(32)23(20)26)13-22(31)29-18-8-9-33-21-7-5-4-6-16(18)21/h4-7,12,14-15,17-19,28H,8-11,13H2,1-3H3,(H,29,31)/t14-,15+,17-,18?,19-/m1/s1. The monoisotopic (exact) mass is 470 g/mol. The topological polar surface area (TPSA) is 85.2 Å². The number of benzene rings is 1. The molecule has 5 atom stereocenters. The number of anilines is 1. The van der Waals surface area contributed by atoms with Crippen LogP contribution in [0.25, 0.3) is 0 Å². The Kier molecular flexibility index (Phi) is 5.63. The van der Waals surface area contributed by atoms with Gasteiger partial charge in [0.25, 0.3) is 5.56 Å². The molecular formula is C25H31ClN4O3. The number of hydrogen-bond acceptors (Lipinski definition) is 5. The summed E-state index contributed by atoms with van der Waals surface area (Å²) in [6, 6.07) is 7.77. The number of ether oxygens (including phenoxy) is 1. The third kappa shape index (κ3) is 3.90. The van der Waals surface area contributed by atoms with E-state index in [-0.39, 0.29) is 29.6 Å². The predicted octanol–water partition coefficient (Wildman–Crippen LogP) is 4.02. The van der Waals surface area contributed by atoms with E-state index in [2.05, 4.69) is 36.5 Å². The van der Waals surface area contributed by atoms with Gasteiger partial charge in [-0.3, -0.25) is 9.59 Å². The highest BCUT2D eigenvalue weighted by atomic mass is 35.5. The van der Waals surface area contributed by atoms with E-state index in [1.807, 2.05) is 24.3 Å². The van der Waals surface area contributed by atoms with E-state index in [1.165, 1.54) is 6.42 Å². The molecule has 4 aliphatic rings. The molecule has 2 aromatic rings. The van der Waals surface area contributed by atoms with Gasteiger partial charge in [0, 0.05) is 18.0 Å². The average Bonchev–Trinajstić information content (AvgIpc) is 2.79. The normalized spacial score (nSPS) is 29.3. The first-order valence-electron chi connectivity index (χ1n) is 11.8. The fraction of sp³-hybridized carbons (Fsp3) is 0.560. The minimum atomic E-state index is -0.460. The van der Waals surface area contributed by atoms with Gasteiger partial charge >= 0.3 is 0 Å². The molecule has 33 heavy (non-hydrogen) atoms. The van der Waals surface area contributed by atoms with E-state index in [1.54, 1.807) is 6.20 Å². The van der Waals surface area contributed by atoms with Crippen molar-refractivity contribution in [2.75, 3.05) is 11.9 Å². The predicted molar refractivity (Wildman–Crippen MR) is 128 cm³/mol. The highest BCUT2D eigenvalue weighted by Crippen LogP contribution is 2.61. The summed E-state index contributed by atoms with van der Waals surface area (Å²) in [6.45, 7) is 7.35. The number of halogens is 1. The van der Waals surface area contributed by atoms with Crippen LogP contribution in [0.1, 0.15) is 51.6 Å². The van der Waals surface area contributed by atoms with Crippen molar-refractivity contribution < 1.29 is 9.53 Å². The molecule has 1 aromatic carbocycles. The second-order valence-electron chi connectivity index (χ2n) is 10.3. The Balaban J connectivity index is 1.25. The molecule has 2 N–H and O–H groups in total.